The SMILES string of the molecule is CN[C@H](Cc1ccc(-c2ccccc2)cc1)C(=O)N(C)CCc1cccs1. The molecule has 1 aromatic heterocycles. The maximum atomic E-state index is 12.8. The van der Waals surface area contributed by atoms with Crippen molar-refractivity contribution in [1.82, 2.24) is 10.2 Å². The summed E-state index contributed by atoms with van der Waals surface area (Å²) >= 11 is 1.74. The molecule has 0 radical (unpaired) electrons. The highest BCUT2D eigenvalue weighted by Gasteiger charge is 2.20. The molecule has 3 aromatic rings. The van der Waals surface area contributed by atoms with E-state index in [0.29, 0.717) is 6.42 Å². The van der Waals surface area contributed by atoms with Crippen molar-refractivity contribution in [3.05, 3.63) is 82.6 Å². The largest absolute Gasteiger partial charge is 0.344 e. The van der Waals surface area contributed by atoms with Gasteiger partial charge in [0, 0.05) is 18.5 Å². The molecular formula is C23H26N2OS. The van der Waals surface area contributed by atoms with E-state index in [-0.39, 0.29) is 11.9 Å². The van der Waals surface area contributed by atoms with Gasteiger partial charge in [-0.2, -0.15) is 0 Å². The van der Waals surface area contributed by atoms with Crippen molar-refractivity contribution in [3.63, 3.8) is 0 Å². The van der Waals surface area contributed by atoms with Gasteiger partial charge in [-0.25, -0.2) is 0 Å². The van der Waals surface area contributed by atoms with E-state index >= 15 is 0 Å². The van der Waals surface area contributed by atoms with Crippen molar-refractivity contribution >= 4 is 17.2 Å². The second kappa shape index (κ2) is 9.49. The summed E-state index contributed by atoms with van der Waals surface area (Å²) in [7, 11) is 3.74. The first-order valence-corrected chi connectivity index (χ1v) is 10.1. The van der Waals surface area contributed by atoms with Gasteiger partial charge in [0.15, 0.2) is 0 Å². The number of carbonyl (C=O) groups excluding carboxylic acids is 1. The molecule has 0 aliphatic heterocycles. The van der Waals surface area contributed by atoms with Gasteiger partial charge < -0.3 is 10.2 Å². The smallest absolute Gasteiger partial charge is 0.239 e. The van der Waals surface area contributed by atoms with E-state index in [1.165, 1.54) is 16.0 Å². The lowest BCUT2D eigenvalue weighted by atomic mass is 10.00. The molecule has 2 aromatic carbocycles. The summed E-state index contributed by atoms with van der Waals surface area (Å²) in [5.74, 6) is 0.140. The van der Waals surface area contributed by atoms with Crippen molar-refractivity contribution in [2.24, 2.45) is 0 Å². The average molecular weight is 379 g/mol. The first-order chi connectivity index (χ1) is 13.2. The van der Waals surface area contributed by atoms with Crippen LogP contribution in [-0.2, 0) is 17.6 Å². The molecule has 0 spiro atoms. The van der Waals surface area contributed by atoms with E-state index in [9.17, 15) is 4.79 Å². The Balaban J connectivity index is 1.59. The number of hydrogen-bond acceptors (Lipinski definition) is 3. The van der Waals surface area contributed by atoms with Crippen LogP contribution in [0.15, 0.2) is 72.1 Å². The van der Waals surface area contributed by atoms with E-state index in [1.807, 2.05) is 37.2 Å². The fourth-order valence-corrected chi connectivity index (χ4v) is 3.82. The molecule has 27 heavy (non-hydrogen) atoms. The third-order valence-electron chi connectivity index (χ3n) is 4.80. The van der Waals surface area contributed by atoms with Crippen LogP contribution in [0, 0.1) is 0 Å². The summed E-state index contributed by atoms with van der Waals surface area (Å²) in [6, 6.07) is 22.8. The second-order valence-electron chi connectivity index (χ2n) is 6.70. The normalized spacial score (nSPS) is 11.9. The lowest BCUT2D eigenvalue weighted by Gasteiger charge is -2.23. The molecule has 1 amide bonds. The molecule has 1 heterocycles. The summed E-state index contributed by atoms with van der Waals surface area (Å²) in [6.45, 7) is 0.741. The zero-order valence-corrected chi connectivity index (χ0v) is 16.7. The standard InChI is InChI=1S/C23H26N2OS/c1-24-22(23(26)25(2)15-14-21-9-6-16-27-21)17-18-10-12-20(13-11-18)19-7-4-3-5-8-19/h3-13,16,22,24H,14-15,17H2,1-2H3/t22-/m1/s1. The number of amides is 1. The third kappa shape index (κ3) is 5.28. The maximum Gasteiger partial charge on any atom is 0.239 e. The number of carbonyl (C=O) groups is 1. The Kier molecular flexibility index (Phi) is 6.80. The molecule has 0 saturated carbocycles. The Labute approximate surface area is 165 Å². The summed E-state index contributed by atoms with van der Waals surface area (Å²) in [4.78, 5) is 15.9. The average Bonchev–Trinajstić information content (AvgIpc) is 3.24. The van der Waals surface area contributed by atoms with Crippen molar-refractivity contribution in [2.45, 2.75) is 18.9 Å². The quantitative estimate of drug-likeness (QED) is 0.636. The molecule has 4 heteroatoms. The molecule has 0 bridgehead atoms. The summed E-state index contributed by atoms with van der Waals surface area (Å²) < 4.78 is 0. The van der Waals surface area contributed by atoms with Gasteiger partial charge in [-0.15, -0.1) is 11.3 Å². The summed E-state index contributed by atoms with van der Waals surface area (Å²) in [5.41, 5.74) is 3.56. The number of likely N-dealkylation sites (N-methyl/N-ethyl adjacent to an activating group) is 2. The minimum absolute atomic E-state index is 0.140. The van der Waals surface area contributed by atoms with Gasteiger partial charge in [-0.05, 0) is 48.0 Å². The molecule has 0 aliphatic rings. The molecule has 3 nitrogen and oxygen atoms in total. The van der Waals surface area contributed by atoms with Gasteiger partial charge in [0.2, 0.25) is 5.91 Å². The molecule has 1 N–H and O–H groups in total. The van der Waals surface area contributed by atoms with Crippen molar-refractivity contribution in [1.29, 1.82) is 0 Å². The van der Waals surface area contributed by atoms with Crippen LogP contribution in [0.5, 0.6) is 0 Å². The van der Waals surface area contributed by atoms with E-state index in [0.717, 1.165) is 18.5 Å². The van der Waals surface area contributed by atoms with Gasteiger partial charge in [0.1, 0.15) is 0 Å². The Hall–Kier alpha value is -2.43. The predicted molar refractivity (Wildman–Crippen MR) is 114 cm³/mol. The lowest BCUT2D eigenvalue weighted by Crippen LogP contribution is -2.45. The van der Waals surface area contributed by atoms with Crippen molar-refractivity contribution in [2.75, 3.05) is 20.6 Å². The van der Waals surface area contributed by atoms with Gasteiger partial charge >= 0.3 is 0 Å². The lowest BCUT2D eigenvalue weighted by molar-refractivity contribution is -0.131. The third-order valence-corrected chi connectivity index (χ3v) is 5.73. The van der Waals surface area contributed by atoms with Crippen LogP contribution in [-0.4, -0.2) is 37.5 Å². The number of thiophene rings is 1. The number of nitrogens with zero attached hydrogens (tertiary/aromatic N) is 1. The molecule has 1 atom stereocenters. The first-order valence-electron chi connectivity index (χ1n) is 9.26. The highest BCUT2D eigenvalue weighted by molar-refractivity contribution is 7.09. The maximum absolute atomic E-state index is 12.8. The summed E-state index contributed by atoms with van der Waals surface area (Å²) in [5, 5.41) is 5.26. The number of hydrogen-bond donors (Lipinski definition) is 1. The van der Waals surface area contributed by atoms with Gasteiger partial charge in [0.05, 0.1) is 6.04 Å². The van der Waals surface area contributed by atoms with Crippen LogP contribution < -0.4 is 5.32 Å². The predicted octanol–water partition coefficient (Wildman–Crippen LogP) is 4.25. The number of rotatable bonds is 8. The number of nitrogens with one attached hydrogen (secondary N) is 1. The molecule has 0 unspecified atom stereocenters. The van der Waals surface area contributed by atoms with Gasteiger partial charge in [-0.3, -0.25) is 4.79 Å². The number of benzene rings is 2. The van der Waals surface area contributed by atoms with Crippen LogP contribution in [0.2, 0.25) is 0 Å². The van der Waals surface area contributed by atoms with Gasteiger partial charge in [-0.1, -0.05) is 60.7 Å². The first kappa shape index (κ1) is 19.3. The molecule has 0 aliphatic carbocycles. The zero-order valence-electron chi connectivity index (χ0n) is 15.9. The van der Waals surface area contributed by atoms with E-state index < -0.39 is 0 Å². The van der Waals surface area contributed by atoms with Crippen LogP contribution >= 0.6 is 11.3 Å². The highest BCUT2D eigenvalue weighted by Crippen LogP contribution is 2.20. The minimum atomic E-state index is -0.207. The Bertz CT molecular complexity index is 829. The van der Waals surface area contributed by atoms with Crippen LogP contribution in [0.1, 0.15) is 10.4 Å². The fourth-order valence-electron chi connectivity index (χ4n) is 3.12. The second-order valence-corrected chi connectivity index (χ2v) is 7.73. The van der Waals surface area contributed by atoms with E-state index in [1.54, 1.807) is 11.3 Å². The van der Waals surface area contributed by atoms with Crippen molar-refractivity contribution < 1.29 is 4.79 Å². The van der Waals surface area contributed by atoms with E-state index in [2.05, 4.69) is 59.2 Å². The minimum Gasteiger partial charge on any atom is -0.344 e. The highest BCUT2D eigenvalue weighted by atomic mass is 32.1. The molecule has 140 valence electrons. The topological polar surface area (TPSA) is 32.3 Å². The molecule has 0 saturated heterocycles. The Morgan fingerprint density at radius 2 is 1.70 bits per heavy atom. The zero-order chi connectivity index (χ0) is 19.1. The Morgan fingerprint density at radius 3 is 2.33 bits per heavy atom. The van der Waals surface area contributed by atoms with Crippen LogP contribution in [0.3, 0.4) is 0 Å². The molecular weight excluding hydrogens is 352 g/mol. The van der Waals surface area contributed by atoms with Gasteiger partial charge in [0.25, 0.3) is 0 Å². The van der Waals surface area contributed by atoms with Crippen LogP contribution in [0.4, 0.5) is 0 Å². The fraction of sp³-hybridized carbons (Fsp3) is 0.261. The monoisotopic (exact) mass is 378 g/mol. The van der Waals surface area contributed by atoms with Crippen molar-refractivity contribution in [3.8, 4) is 11.1 Å². The molecule has 3 rings (SSSR count). The van der Waals surface area contributed by atoms with Crippen LogP contribution in [0.25, 0.3) is 11.1 Å². The Morgan fingerprint density at radius 1 is 1.00 bits per heavy atom. The van der Waals surface area contributed by atoms with E-state index in [4.69, 9.17) is 0 Å². The summed E-state index contributed by atoms with van der Waals surface area (Å²) in [6.07, 6.45) is 1.59. The molecule has 0 fully saturated rings.